The largest absolute Gasteiger partial charge is 0.496 e. The van der Waals surface area contributed by atoms with Gasteiger partial charge in [0.15, 0.2) is 5.78 Å². The molecule has 0 unspecified atom stereocenters. The van der Waals surface area contributed by atoms with Gasteiger partial charge in [-0.1, -0.05) is 30.3 Å². The molecular weight excluding hydrogens is 412 g/mol. The number of hydrogen-bond donors (Lipinski definition) is 0. The molecule has 0 saturated carbocycles. The molecule has 0 fully saturated rings. The minimum Gasteiger partial charge on any atom is -0.496 e. The van der Waals surface area contributed by atoms with Gasteiger partial charge in [-0.05, 0) is 57.9 Å². The van der Waals surface area contributed by atoms with Gasteiger partial charge < -0.3 is 9.47 Å². The first-order valence-corrected chi connectivity index (χ1v) is 9.64. The van der Waals surface area contributed by atoms with Gasteiger partial charge in [0, 0.05) is 15.4 Å². The lowest BCUT2D eigenvalue weighted by molar-refractivity contribution is 0.105. The van der Waals surface area contributed by atoms with Crippen molar-refractivity contribution in [1.29, 1.82) is 0 Å². The summed E-state index contributed by atoms with van der Waals surface area (Å²) in [6, 6.07) is 17.2. The van der Waals surface area contributed by atoms with E-state index in [-0.39, 0.29) is 5.78 Å². The zero-order valence-corrected chi connectivity index (χ0v) is 16.5. The van der Waals surface area contributed by atoms with Crippen LogP contribution in [0.1, 0.15) is 20.8 Å². The van der Waals surface area contributed by atoms with Crippen LogP contribution in [0.5, 0.6) is 11.5 Å². The van der Waals surface area contributed by atoms with Gasteiger partial charge in [0.2, 0.25) is 0 Å². The second-order valence-corrected chi connectivity index (χ2v) is 7.33. The fourth-order valence-electron chi connectivity index (χ4n) is 2.39. The predicted molar refractivity (Wildman–Crippen MR) is 109 cm³/mol. The second kappa shape index (κ2) is 8.83. The number of methoxy groups -OCH3 is 1. The summed E-state index contributed by atoms with van der Waals surface area (Å²) < 4.78 is 12.1. The molecule has 0 atom stereocenters. The molecule has 132 valence electrons. The lowest BCUT2D eigenvalue weighted by Crippen LogP contribution is -1.99. The molecule has 0 aliphatic rings. The molecule has 0 amide bonds. The first-order chi connectivity index (χ1) is 12.7. The number of rotatable bonds is 7. The molecule has 3 aromatic rings. The molecule has 2 aromatic carbocycles. The number of allylic oxidation sites excluding steroid dienone is 1. The summed E-state index contributed by atoms with van der Waals surface area (Å²) in [6.07, 6.45) is 3.39. The molecule has 1 heterocycles. The maximum atomic E-state index is 12.2. The van der Waals surface area contributed by atoms with Crippen molar-refractivity contribution in [3.05, 3.63) is 86.5 Å². The topological polar surface area (TPSA) is 35.5 Å². The van der Waals surface area contributed by atoms with Crippen LogP contribution in [-0.4, -0.2) is 12.9 Å². The van der Waals surface area contributed by atoms with E-state index in [4.69, 9.17) is 9.47 Å². The zero-order chi connectivity index (χ0) is 18.4. The number of carbonyl (C=O) groups excluding carboxylic acids is 1. The van der Waals surface area contributed by atoms with E-state index < -0.39 is 0 Å². The molecule has 0 radical (unpaired) electrons. The number of ether oxygens (including phenoxy) is 2. The van der Waals surface area contributed by atoms with E-state index in [1.807, 2.05) is 60.0 Å². The Hall–Kier alpha value is -2.37. The summed E-state index contributed by atoms with van der Waals surface area (Å²) in [7, 11) is 1.63. The third-order valence-electron chi connectivity index (χ3n) is 3.68. The molecule has 1 aromatic heterocycles. The van der Waals surface area contributed by atoms with Gasteiger partial charge in [-0.25, -0.2) is 0 Å². The number of carbonyl (C=O) groups is 1. The Morgan fingerprint density at radius 1 is 1.15 bits per heavy atom. The molecule has 0 aliphatic heterocycles. The van der Waals surface area contributed by atoms with Gasteiger partial charge >= 0.3 is 0 Å². The van der Waals surface area contributed by atoms with E-state index in [0.29, 0.717) is 11.5 Å². The van der Waals surface area contributed by atoms with Crippen molar-refractivity contribution in [2.75, 3.05) is 7.11 Å². The normalized spacial score (nSPS) is 10.8. The number of para-hydroxylation sites is 1. The SMILES string of the molecule is COc1ccc(/C=C/C(=O)c2cc(Br)cs2)cc1COc1ccccc1. The van der Waals surface area contributed by atoms with E-state index in [1.165, 1.54) is 11.3 Å². The van der Waals surface area contributed by atoms with Crippen molar-refractivity contribution in [2.45, 2.75) is 6.61 Å². The third-order valence-corrected chi connectivity index (χ3v) is 5.39. The van der Waals surface area contributed by atoms with Crippen molar-refractivity contribution < 1.29 is 14.3 Å². The quantitative estimate of drug-likeness (QED) is 0.342. The highest BCUT2D eigenvalue weighted by Crippen LogP contribution is 2.24. The summed E-state index contributed by atoms with van der Waals surface area (Å²) >= 11 is 4.78. The number of benzene rings is 2. The van der Waals surface area contributed by atoms with Crippen LogP contribution in [-0.2, 0) is 6.61 Å². The van der Waals surface area contributed by atoms with Crippen LogP contribution < -0.4 is 9.47 Å². The first-order valence-electron chi connectivity index (χ1n) is 7.97. The second-order valence-electron chi connectivity index (χ2n) is 5.50. The third kappa shape index (κ3) is 4.84. The predicted octanol–water partition coefficient (Wildman–Crippen LogP) is 5.99. The molecule has 0 bridgehead atoms. The molecule has 3 rings (SSSR count). The van der Waals surface area contributed by atoms with Crippen LogP contribution in [0.25, 0.3) is 6.08 Å². The lowest BCUT2D eigenvalue weighted by atomic mass is 10.1. The molecule has 0 N–H and O–H groups in total. The van der Waals surface area contributed by atoms with Crippen LogP contribution in [0, 0.1) is 0 Å². The van der Waals surface area contributed by atoms with E-state index in [0.717, 1.165) is 27.1 Å². The van der Waals surface area contributed by atoms with Gasteiger partial charge in [-0.15, -0.1) is 11.3 Å². The summed E-state index contributed by atoms with van der Waals surface area (Å²) in [5.41, 5.74) is 1.84. The molecule has 26 heavy (non-hydrogen) atoms. The van der Waals surface area contributed by atoms with Gasteiger partial charge in [0.1, 0.15) is 18.1 Å². The van der Waals surface area contributed by atoms with E-state index in [9.17, 15) is 4.79 Å². The average molecular weight is 429 g/mol. The summed E-state index contributed by atoms with van der Waals surface area (Å²) in [5, 5.41) is 1.90. The molecule has 0 spiro atoms. The number of thiophene rings is 1. The van der Waals surface area contributed by atoms with Gasteiger partial charge in [0.05, 0.1) is 12.0 Å². The Morgan fingerprint density at radius 2 is 1.96 bits per heavy atom. The molecule has 3 nitrogen and oxygen atoms in total. The lowest BCUT2D eigenvalue weighted by Gasteiger charge is -2.11. The number of halogens is 1. The summed E-state index contributed by atoms with van der Waals surface area (Å²) in [5.74, 6) is 1.54. The Labute approximate surface area is 165 Å². The van der Waals surface area contributed by atoms with Crippen molar-refractivity contribution in [3.63, 3.8) is 0 Å². The summed E-state index contributed by atoms with van der Waals surface area (Å²) in [6.45, 7) is 0.390. The molecule has 5 heteroatoms. The Bertz CT molecular complexity index is 916. The average Bonchev–Trinajstić information content (AvgIpc) is 3.12. The van der Waals surface area contributed by atoms with Crippen LogP contribution in [0.4, 0.5) is 0 Å². The smallest absolute Gasteiger partial charge is 0.195 e. The molecule has 0 aliphatic carbocycles. The van der Waals surface area contributed by atoms with E-state index in [1.54, 1.807) is 19.3 Å². The number of hydrogen-bond acceptors (Lipinski definition) is 4. The van der Waals surface area contributed by atoms with Crippen LogP contribution in [0.15, 0.2) is 70.5 Å². The Balaban J connectivity index is 1.74. The minimum absolute atomic E-state index is 0.0152. The van der Waals surface area contributed by atoms with Crippen molar-refractivity contribution in [3.8, 4) is 11.5 Å². The zero-order valence-electron chi connectivity index (χ0n) is 14.1. The monoisotopic (exact) mass is 428 g/mol. The van der Waals surface area contributed by atoms with Crippen molar-refractivity contribution in [2.24, 2.45) is 0 Å². The highest BCUT2D eigenvalue weighted by molar-refractivity contribution is 9.10. The Morgan fingerprint density at radius 3 is 2.65 bits per heavy atom. The standard InChI is InChI=1S/C21H17BrO3S/c1-24-20-10-8-15(7-9-19(23)21-12-17(22)14-26-21)11-16(20)13-25-18-5-3-2-4-6-18/h2-12,14H,13H2,1H3/b9-7+. The van der Waals surface area contributed by atoms with Gasteiger partial charge in [-0.2, -0.15) is 0 Å². The van der Waals surface area contributed by atoms with E-state index in [2.05, 4.69) is 15.9 Å². The van der Waals surface area contributed by atoms with Crippen molar-refractivity contribution in [1.82, 2.24) is 0 Å². The minimum atomic E-state index is -0.0152. The highest BCUT2D eigenvalue weighted by Gasteiger charge is 2.07. The Kier molecular flexibility index (Phi) is 6.26. The van der Waals surface area contributed by atoms with Gasteiger partial charge in [0.25, 0.3) is 0 Å². The maximum absolute atomic E-state index is 12.2. The van der Waals surface area contributed by atoms with Crippen molar-refractivity contribution >= 4 is 39.1 Å². The van der Waals surface area contributed by atoms with E-state index >= 15 is 0 Å². The highest BCUT2D eigenvalue weighted by atomic mass is 79.9. The fraction of sp³-hybridized carbons (Fsp3) is 0.0952. The summed E-state index contributed by atoms with van der Waals surface area (Å²) in [4.78, 5) is 12.9. The molecule has 0 saturated heterocycles. The number of ketones is 1. The maximum Gasteiger partial charge on any atom is 0.195 e. The van der Waals surface area contributed by atoms with Crippen LogP contribution in [0.2, 0.25) is 0 Å². The fourth-order valence-corrected chi connectivity index (χ4v) is 3.74. The van der Waals surface area contributed by atoms with Crippen LogP contribution in [0.3, 0.4) is 0 Å². The first kappa shape index (κ1) is 18.4. The molecular formula is C21H17BrO3S. The van der Waals surface area contributed by atoms with Gasteiger partial charge in [-0.3, -0.25) is 4.79 Å². The van der Waals surface area contributed by atoms with Crippen LogP contribution >= 0.6 is 27.3 Å².